The average Bonchev–Trinajstić information content (AvgIpc) is 2.75. The van der Waals surface area contributed by atoms with Crippen LogP contribution in [0.25, 0.3) is 5.57 Å². The second-order valence-corrected chi connectivity index (χ2v) is 6.32. The number of rotatable bonds is 7. The van der Waals surface area contributed by atoms with Gasteiger partial charge in [-0.15, -0.1) is 0 Å². The summed E-state index contributed by atoms with van der Waals surface area (Å²) in [5, 5.41) is 11.1. The number of nitrogens with two attached hydrogens (primary N) is 1. The maximum absolute atomic E-state index is 7.72. The van der Waals surface area contributed by atoms with Crippen LogP contribution in [0.1, 0.15) is 18.1 Å². The minimum Gasteiger partial charge on any atom is -0.404 e. The summed E-state index contributed by atoms with van der Waals surface area (Å²) in [6.45, 7) is 5.77. The molecule has 0 atom stereocenters. The van der Waals surface area contributed by atoms with Gasteiger partial charge in [0.1, 0.15) is 5.82 Å². The van der Waals surface area contributed by atoms with Gasteiger partial charge in [-0.3, -0.25) is 4.99 Å². The van der Waals surface area contributed by atoms with Crippen molar-refractivity contribution in [1.29, 1.82) is 5.41 Å². The summed E-state index contributed by atoms with van der Waals surface area (Å²) < 4.78 is 5.42. The van der Waals surface area contributed by atoms with Crippen LogP contribution in [-0.2, 0) is 4.74 Å². The molecule has 1 aliphatic rings. The Balaban J connectivity index is 1.87. The van der Waals surface area contributed by atoms with E-state index in [1.807, 2.05) is 37.3 Å². The fourth-order valence-electron chi connectivity index (χ4n) is 2.99. The zero-order valence-corrected chi connectivity index (χ0v) is 16.1. The Labute approximate surface area is 165 Å². The van der Waals surface area contributed by atoms with Gasteiger partial charge < -0.3 is 26.1 Å². The van der Waals surface area contributed by atoms with Crippen LogP contribution < -0.4 is 16.0 Å². The van der Waals surface area contributed by atoms with Crippen molar-refractivity contribution in [3.05, 3.63) is 53.9 Å². The maximum Gasteiger partial charge on any atom is 0.130 e. The normalized spacial score (nSPS) is 15.0. The van der Waals surface area contributed by atoms with Gasteiger partial charge in [0.25, 0.3) is 0 Å². The Morgan fingerprint density at radius 1 is 1.32 bits per heavy atom. The molecule has 146 valence electrons. The molecule has 1 saturated heterocycles. The number of nitrogens with zero attached hydrogens (tertiary/aromatic N) is 3. The quantitative estimate of drug-likeness (QED) is 0.643. The van der Waals surface area contributed by atoms with Crippen LogP contribution in [0.5, 0.6) is 0 Å². The molecule has 0 bridgehead atoms. The van der Waals surface area contributed by atoms with Crippen molar-refractivity contribution in [2.45, 2.75) is 6.92 Å². The predicted octanol–water partition coefficient (Wildman–Crippen LogP) is 3.05. The van der Waals surface area contributed by atoms with Gasteiger partial charge in [0, 0.05) is 73.0 Å². The number of pyridine rings is 1. The number of nitrogens with one attached hydrogen (secondary N) is 2. The highest BCUT2D eigenvalue weighted by Gasteiger charge is 2.13. The second kappa shape index (κ2) is 9.66. The number of hydrogen-bond acceptors (Lipinski definition) is 7. The van der Waals surface area contributed by atoms with E-state index in [9.17, 15) is 0 Å². The summed E-state index contributed by atoms with van der Waals surface area (Å²) in [5.74, 6) is 0.915. The lowest BCUT2D eigenvalue weighted by atomic mass is 10.0. The van der Waals surface area contributed by atoms with Gasteiger partial charge in [-0.1, -0.05) is 12.1 Å². The first-order chi connectivity index (χ1) is 13.7. The van der Waals surface area contributed by atoms with Crippen LogP contribution in [0.3, 0.4) is 0 Å². The van der Waals surface area contributed by atoms with E-state index in [0.29, 0.717) is 19.8 Å². The van der Waals surface area contributed by atoms with Gasteiger partial charge in [-0.25, -0.2) is 4.98 Å². The largest absolute Gasteiger partial charge is 0.404 e. The van der Waals surface area contributed by atoms with Crippen LogP contribution in [0.2, 0.25) is 0 Å². The molecule has 0 amide bonds. The van der Waals surface area contributed by atoms with E-state index in [4.69, 9.17) is 15.9 Å². The number of hydrogen-bond donors (Lipinski definition) is 3. The minimum atomic E-state index is 0.697. The topological polar surface area (TPSA) is 99.6 Å². The van der Waals surface area contributed by atoms with Gasteiger partial charge in [-0.2, -0.15) is 0 Å². The number of allylic oxidation sites excluding steroid dienone is 1. The first kappa shape index (κ1) is 19.6. The van der Waals surface area contributed by atoms with Gasteiger partial charge in [0.2, 0.25) is 0 Å². The van der Waals surface area contributed by atoms with E-state index < -0.39 is 0 Å². The van der Waals surface area contributed by atoms with Crippen molar-refractivity contribution in [3.63, 3.8) is 0 Å². The van der Waals surface area contributed by atoms with Crippen LogP contribution in [0.4, 0.5) is 17.2 Å². The smallest absolute Gasteiger partial charge is 0.130 e. The van der Waals surface area contributed by atoms with Crippen LogP contribution >= 0.6 is 0 Å². The Morgan fingerprint density at radius 2 is 2.14 bits per heavy atom. The number of benzene rings is 1. The maximum atomic E-state index is 7.72. The molecule has 0 saturated carbocycles. The molecule has 0 spiro atoms. The van der Waals surface area contributed by atoms with E-state index in [1.54, 1.807) is 18.6 Å². The van der Waals surface area contributed by atoms with E-state index in [0.717, 1.165) is 47.0 Å². The monoisotopic (exact) mass is 378 g/mol. The van der Waals surface area contributed by atoms with E-state index in [2.05, 4.69) is 20.2 Å². The SMILES string of the molecule is CCN=CC(=CN)c1ccc(C=N)c(Nc2ccnc(N3CCOCC3)c2)c1. The van der Waals surface area contributed by atoms with Crippen LogP contribution in [0, 0.1) is 5.41 Å². The summed E-state index contributed by atoms with van der Waals surface area (Å²) >= 11 is 0. The van der Waals surface area contributed by atoms with Crippen LogP contribution in [0.15, 0.2) is 47.7 Å². The molecule has 0 radical (unpaired) electrons. The fraction of sp³-hybridized carbons (Fsp3) is 0.286. The Kier molecular flexibility index (Phi) is 6.75. The summed E-state index contributed by atoms with van der Waals surface area (Å²) in [7, 11) is 0. The molecule has 7 nitrogen and oxygen atoms in total. The molecule has 2 heterocycles. The summed E-state index contributed by atoms with van der Waals surface area (Å²) in [6, 6.07) is 9.76. The molecule has 2 aromatic rings. The van der Waals surface area contributed by atoms with Crippen molar-refractivity contribution in [2.75, 3.05) is 43.1 Å². The fourth-order valence-corrected chi connectivity index (χ4v) is 2.99. The highest BCUT2D eigenvalue weighted by molar-refractivity contribution is 6.10. The first-order valence-corrected chi connectivity index (χ1v) is 9.37. The third-order valence-corrected chi connectivity index (χ3v) is 4.49. The third-order valence-electron chi connectivity index (χ3n) is 4.49. The number of ether oxygens (including phenoxy) is 1. The molecular weight excluding hydrogens is 352 g/mol. The second-order valence-electron chi connectivity index (χ2n) is 6.32. The van der Waals surface area contributed by atoms with E-state index >= 15 is 0 Å². The van der Waals surface area contributed by atoms with E-state index in [1.165, 1.54) is 6.21 Å². The van der Waals surface area contributed by atoms with Crippen molar-refractivity contribution in [3.8, 4) is 0 Å². The van der Waals surface area contributed by atoms with Crippen molar-refractivity contribution in [2.24, 2.45) is 10.7 Å². The molecule has 0 aliphatic carbocycles. The molecule has 0 unspecified atom stereocenters. The molecule has 1 fully saturated rings. The van der Waals surface area contributed by atoms with Gasteiger partial charge in [-0.05, 0) is 24.6 Å². The molecule has 1 aromatic heterocycles. The van der Waals surface area contributed by atoms with Gasteiger partial charge in [0.15, 0.2) is 0 Å². The summed E-state index contributed by atoms with van der Waals surface area (Å²) in [6.07, 6.45) is 6.44. The van der Waals surface area contributed by atoms with Crippen molar-refractivity contribution in [1.82, 2.24) is 4.98 Å². The molecule has 28 heavy (non-hydrogen) atoms. The summed E-state index contributed by atoms with van der Waals surface area (Å²) in [4.78, 5) is 11.0. The van der Waals surface area contributed by atoms with Crippen molar-refractivity contribution >= 4 is 35.2 Å². The average molecular weight is 378 g/mol. The lowest BCUT2D eigenvalue weighted by Gasteiger charge is -2.28. The molecule has 4 N–H and O–H groups in total. The highest BCUT2D eigenvalue weighted by Crippen LogP contribution is 2.26. The Bertz CT molecular complexity index is 871. The number of morpholine rings is 1. The molecule has 7 heteroatoms. The standard InChI is InChI=1S/C21H26N6O/c1-2-24-15-18(14-23)16-3-4-17(13-22)20(11-16)26-19-5-6-25-21(12-19)27-7-9-28-10-8-27/h3-6,11-15,22H,2,7-10,23H2,1H3,(H,25,26). The van der Waals surface area contributed by atoms with Crippen molar-refractivity contribution < 1.29 is 4.74 Å². The summed E-state index contributed by atoms with van der Waals surface area (Å²) in [5.41, 5.74) is 10.1. The van der Waals surface area contributed by atoms with Gasteiger partial charge >= 0.3 is 0 Å². The third kappa shape index (κ3) is 4.75. The molecule has 1 aliphatic heterocycles. The number of aromatic nitrogens is 1. The molecular formula is C21H26N6O. The van der Waals surface area contributed by atoms with E-state index in [-0.39, 0.29) is 0 Å². The lowest BCUT2D eigenvalue weighted by molar-refractivity contribution is 0.122. The van der Waals surface area contributed by atoms with Crippen LogP contribution in [-0.4, -0.2) is 50.3 Å². The molecule has 1 aromatic carbocycles. The minimum absolute atomic E-state index is 0.697. The predicted molar refractivity (Wildman–Crippen MR) is 116 cm³/mol. The molecule has 3 rings (SSSR count). The lowest BCUT2D eigenvalue weighted by Crippen LogP contribution is -2.36. The number of aliphatic imine (C=N–C) groups is 1. The number of anilines is 3. The Morgan fingerprint density at radius 3 is 2.86 bits per heavy atom. The Hall–Kier alpha value is -3.19. The zero-order valence-electron chi connectivity index (χ0n) is 16.1. The zero-order chi connectivity index (χ0) is 19.8. The highest BCUT2D eigenvalue weighted by atomic mass is 16.5. The van der Waals surface area contributed by atoms with Gasteiger partial charge in [0.05, 0.1) is 13.2 Å². The first-order valence-electron chi connectivity index (χ1n) is 9.37.